The minimum atomic E-state index is -0.335. The molecule has 146 valence electrons. The van der Waals surface area contributed by atoms with Gasteiger partial charge in [-0.25, -0.2) is 4.39 Å². The topological polar surface area (TPSA) is 68.0 Å². The van der Waals surface area contributed by atoms with E-state index in [9.17, 15) is 9.18 Å². The fourth-order valence-electron chi connectivity index (χ4n) is 2.75. The molecule has 0 atom stereocenters. The lowest BCUT2D eigenvalue weighted by atomic mass is 9.87. The van der Waals surface area contributed by atoms with Crippen molar-refractivity contribution in [2.45, 2.75) is 45.4 Å². The van der Waals surface area contributed by atoms with Gasteiger partial charge in [0, 0.05) is 24.1 Å². The van der Waals surface area contributed by atoms with Crippen LogP contribution in [-0.4, -0.2) is 16.0 Å². The summed E-state index contributed by atoms with van der Waals surface area (Å²) < 4.78 is 18.2. The maximum atomic E-state index is 12.9. The van der Waals surface area contributed by atoms with Gasteiger partial charge in [0.25, 0.3) is 0 Å². The number of hydrogen-bond donors (Lipinski definition) is 1. The Morgan fingerprint density at radius 2 is 1.75 bits per heavy atom. The highest BCUT2D eigenvalue weighted by Crippen LogP contribution is 2.25. The highest BCUT2D eigenvalue weighted by Gasteiger charge is 2.15. The zero-order valence-electron chi connectivity index (χ0n) is 16.3. The summed E-state index contributed by atoms with van der Waals surface area (Å²) in [6.07, 6.45) is 1.41. The molecule has 0 bridgehead atoms. The molecule has 3 rings (SSSR count). The van der Waals surface area contributed by atoms with Gasteiger partial charge >= 0.3 is 0 Å². The molecule has 0 unspecified atom stereocenters. The molecule has 0 aliphatic heterocycles. The van der Waals surface area contributed by atoms with Crippen molar-refractivity contribution in [1.82, 2.24) is 10.1 Å². The predicted octanol–water partition coefficient (Wildman–Crippen LogP) is 5.13. The maximum absolute atomic E-state index is 12.9. The van der Waals surface area contributed by atoms with Gasteiger partial charge in [-0.3, -0.25) is 4.79 Å². The van der Waals surface area contributed by atoms with Crippen LogP contribution in [0.4, 0.5) is 10.1 Å². The Balaban J connectivity index is 1.50. The first-order valence-corrected chi connectivity index (χ1v) is 9.30. The van der Waals surface area contributed by atoms with E-state index in [1.165, 1.54) is 29.8 Å². The third-order valence-corrected chi connectivity index (χ3v) is 4.40. The van der Waals surface area contributed by atoms with Crippen molar-refractivity contribution in [3.8, 4) is 11.4 Å². The van der Waals surface area contributed by atoms with Crippen molar-refractivity contribution in [3.05, 3.63) is 65.8 Å². The van der Waals surface area contributed by atoms with Crippen LogP contribution in [0, 0.1) is 5.82 Å². The van der Waals surface area contributed by atoms with Gasteiger partial charge in [0.05, 0.1) is 0 Å². The van der Waals surface area contributed by atoms with Crippen molar-refractivity contribution in [2.75, 3.05) is 5.32 Å². The Morgan fingerprint density at radius 1 is 1.07 bits per heavy atom. The Kier molecular flexibility index (Phi) is 5.87. The van der Waals surface area contributed by atoms with E-state index in [4.69, 9.17) is 4.52 Å². The number of carbonyl (C=O) groups is 1. The van der Waals surface area contributed by atoms with Gasteiger partial charge in [-0.2, -0.15) is 4.98 Å². The van der Waals surface area contributed by atoms with Crippen molar-refractivity contribution in [1.29, 1.82) is 0 Å². The van der Waals surface area contributed by atoms with Crippen LogP contribution in [0.25, 0.3) is 11.4 Å². The Labute approximate surface area is 164 Å². The third kappa shape index (κ3) is 5.25. The molecule has 1 amide bonds. The molecule has 1 aromatic heterocycles. The summed E-state index contributed by atoms with van der Waals surface area (Å²) in [5.74, 6) is 0.582. The lowest BCUT2D eigenvalue weighted by molar-refractivity contribution is -0.116. The quantitative estimate of drug-likeness (QED) is 0.642. The van der Waals surface area contributed by atoms with E-state index in [1.807, 2.05) is 12.1 Å². The van der Waals surface area contributed by atoms with Crippen LogP contribution < -0.4 is 5.32 Å². The van der Waals surface area contributed by atoms with E-state index >= 15 is 0 Å². The summed E-state index contributed by atoms with van der Waals surface area (Å²) >= 11 is 0. The van der Waals surface area contributed by atoms with Gasteiger partial charge in [-0.05, 0) is 41.7 Å². The van der Waals surface area contributed by atoms with E-state index in [-0.39, 0.29) is 17.1 Å². The van der Waals surface area contributed by atoms with Crippen LogP contribution >= 0.6 is 0 Å². The number of hydrogen-bond acceptors (Lipinski definition) is 4. The summed E-state index contributed by atoms with van der Waals surface area (Å²) in [6.45, 7) is 6.50. The molecule has 1 heterocycles. The number of halogens is 1. The summed E-state index contributed by atoms with van der Waals surface area (Å²) in [4.78, 5) is 16.4. The fraction of sp³-hybridized carbons (Fsp3) is 0.318. The SMILES string of the molecule is CC(C)(C)c1ccc(-c2noc(CCCC(=O)Nc3ccc(F)cc3)n2)cc1. The zero-order chi connectivity index (χ0) is 20.1. The minimum Gasteiger partial charge on any atom is -0.339 e. The molecular formula is C22H24FN3O2. The fourth-order valence-corrected chi connectivity index (χ4v) is 2.75. The molecule has 0 saturated heterocycles. The average molecular weight is 381 g/mol. The number of benzene rings is 2. The van der Waals surface area contributed by atoms with Gasteiger partial charge in [0.2, 0.25) is 17.6 Å². The van der Waals surface area contributed by atoms with Crippen LogP contribution in [0.15, 0.2) is 53.1 Å². The van der Waals surface area contributed by atoms with Gasteiger partial charge in [0.15, 0.2) is 0 Å². The van der Waals surface area contributed by atoms with Crippen molar-refractivity contribution >= 4 is 11.6 Å². The lowest BCUT2D eigenvalue weighted by Crippen LogP contribution is -2.11. The van der Waals surface area contributed by atoms with Crippen molar-refractivity contribution in [2.24, 2.45) is 0 Å². The summed E-state index contributed by atoms with van der Waals surface area (Å²) in [7, 11) is 0. The number of carbonyl (C=O) groups excluding carboxylic acids is 1. The number of amides is 1. The van der Waals surface area contributed by atoms with Crippen molar-refractivity contribution in [3.63, 3.8) is 0 Å². The van der Waals surface area contributed by atoms with Crippen LogP contribution in [0.3, 0.4) is 0 Å². The number of nitrogens with zero attached hydrogens (tertiary/aromatic N) is 2. The largest absolute Gasteiger partial charge is 0.339 e. The van der Waals surface area contributed by atoms with Gasteiger partial charge in [0.1, 0.15) is 5.82 Å². The predicted molar refractivity (Wildman–Crippen MR) is 106 cm³/mol. The normalized spacial score (nSPS) is 11.4. The molecule has 0 radical (unpaired) electrons. The first-order valence-electron chi connectivity index (χ1n) is 9.30. The number of rotatable bonds is 6. The summed E-state index contributed by atoms with van der Waals surface area (Å²) in [5, 5.41) is 6.76. The van der Waals surface area contributed by atoms with Gasteiger partial charge < -0.3 is 9.84 Å². The van der Waals surface area contributed by atoms with Gasteiger partial charge in [-0.1, -0.05) is 50.2 Å². The summed E-state index contributed by atoms with van der Waals surface area (Å²) in [5.41, 5.74) is 2.81. The molecule has 2 aromatic carbocycles. The molecule has 0 saturated carbocycles. The first-order chi connectivity index (χ1) is 13.3. The van der Waals surface area contributed by atoms with E-state index in [0.717, 1.165) is 5.56 Å². The number of nitrogens with one attached hydrogen (secondary N) is 1. The zero-order valence-corrected chi connectivity index (χ0v) is 16.3. The Hall–Kier alpha value is -3.02. The molecule has 0 aliphatic carbocycles. The molecule has 28 heavy (non-hydrogen) atoms. The highest BCUT2D eigenvalue weighted by atomic mass is 19.1. The molecule has 0 aliphatic rings. The number of anilines is 1. The number of aromatic nitrogens is 2. The highest BCUT2D eigenvalue weighted by molar-refractivity contribution is 5.90. The van der Waals surface area contributed by atoms with E-state index in [1.54, 1.807) is 0 Å². The maximum Gasteiger partial charge on any atom is 0.226 e. The molecule has 1 N–H and O–H groups in total. The standard InChI is InChI=1S/C22H24FN3O2/c1-22(2,3)16-9-7-15(8-10-16)21-25-20(28-26-21)6-4-5-19(27)24-18-13-11-17(23)12-14-18/h7-14H,4-6H2,1-3H3,(H,24,27). The molecule has 6 heteroatoms. The second kappa shape index (κ2) is 8.33. The van der Waals surface area contributed by atoms with Crippen LogP contribution in [0.1, 0.15) is 45.1 Å². The van der Waals surface area contributed by atoms with Crippen LogP contribution in [0.5, 0.6) is 0 Å². The second-order valence-electron chi connectivity index (χ2n) is 7.75. The van der Waals surface area contributed by atoms with E-state index in [2.05, 4.69) is 48.4 Å². The molecule has 0 fully saturated rings. The molecule has 0 spiro atoms. The Morgan fingerprint density at radius 3 is 2.39 bits per heavy atom. The molecule has 3 aromatic rings. The third-order valence-electron chi connectivity index (χ3n) is 4.40. The number of aryl methyl sites for hydroxylation is 1. The van der Waals surface area contributed by atoms with Crippen LogP contribution in [0.2, 0.25) is 0 Å². The molecular weight excluding hydrogens is 357 g/mol. The van der Waals surface area contributed by atoms with Crippen molar-refractivity contribution < 1.29 is 13.7 Å². The first kappa shape index (κ1) is 19.7. The van der Waals surface area contributed by atoms with E-state index in [0.29, 0.717) is 36.7 Å². The minimum absolute atomic E-state index is 0.0927. The molecule has 5 nitrogen and oxygen atoms in total. The lowest BCUT2D eigenvalue weighted by Gasteiger charge is -2.18. The second-order valence-corrected chi connectivity index (χ2v) is 7.75. The smallest absolute Gasteiger partial charge is 0.226 e. The summed E-state index contributed by atoms with van der Waals surface area (Å²) in [6, 6.07) is 13.8. The van der Waals surface area contributed by atoms with Gasteiger partial charge in [-0.15, -0.1) is 0 Å². The van der Waals surface area contributed by atoms with E-state index < -0.39 is 0 Å². The van der Waals surface area contributed by atoms with Crippen LogP contribution in [-0.2, 0) is 16.6 Å². The average Bonchev–Trinajstić information content (AvgIpc) is 3.12. The monoisotopic (exact) mass is 381 g/mol. The Bertz CT molecular complexity index is 926.